The maximum atomic E-state index is 13.3. The van der Waals surface area contributed by atoms with E-state index >= 15 is 0 Å². The lowest BCUT2D eigenvalue weighted by Gasteiger charge is -2.57. The average molecular weight is 507 g/mol. The fraction of sp³-hybridized carbons (Fsp3) is 0.515. The number of amides is 1. The first-order valence-corrected chi connectivity index (χ1v) is 14.7. The number of anilines is 1. The van der Waals surface area contributed by atoms with Crippen LogP contribution in [0.3, 0.4) is 0 Å². The van der Waals surface area contributed by atoms with Gasteiger partial charge in [-0.1, -0.05) is 31.9 Å². The fourth-order valence-electron chi connectivity index (χ4n) is 8.92. The molecule has 2 atom stereocenters. The number of pyridine rings is 1. The van der Waals surface area contributed by atoms with E-state index in [4.69, 9.17) is 6.42 Å². The number of carbonyl (C=O) groups is 1. The van der Waals surface area contributed by atoms with Gasteiger partial charge in [0.1, 0.15) is 5.65 Å². The number of hydrogen-bond acceptors (Lipinski definition) is 3. The van der Waals surface area contributed by atoms with Gasteiger partial charge in [-0.05, 0) is 110 Å². The van der Waals surface area contributed by atoms with Gasteiger partial charge in [0.2, 0.25) is 0 Å². The van der Waals surface area contributed by atoms with Crippen LogP contribution in [0.1, 0.15) is 87.6 Å². The third-order valence-corrected chi connectivity index (χ3v) is 10.0. The summed E-state index contributed by atoms with van der Waals surface area (Å²) in [6.45, 7) is 2.20. The lowest BCUT2D eigenvalue weighted by molar-refractivity contribution is -0.130. The number of aromatic nitrogens is 2. The molecule has 8 rings (SSSR count). The van der Waals surface area contributed by atoms with Crippen LogP contribution in [0.4, 0.5) is 5.69 Å². The number of fused-ring (bicyclic) bond motifs is 3. The lowest BCUT2D eigenvalue weighted by atomic mass is 9.53. The van der Waals surface area contributed by atoms with E-state index in [-0.39, 0.29) is 23.5 Å². The first-order chi connectivity index (χ1) is 18.6. The highest BCUT2D eigenvalue weighted by Crippen LogP contribution is 2.56. The summed E-state index contributed by atoms with van der Waals surface area (Å²) in [5.74, 6) is 4.94. The molecule has 2 aromatic heterocycles. The SMILES string of the molecule is C#CC(=O)N1[C@@H](CCCC)Cc2c([nH]c3ncccc23)[C@@H]1c1ccc(NC23CC4CC(CC(C4)C2)C3)cc1. The van der Waals surface area contributed by atoms with E-state index < -0.39 is 0 Å². The summed E-state index contributed by atoms with van der Waals surface area (Å²) >= 11 is 0. The normalized spacial score (nSPS) is 31.3. The molecule has 4 saturated carbocycles. The minimum absolute atomic E-state index is 0.0695. The molecule has 0 radical (unpaired) electrons. The molecule has 1 aromatic carbocycles. The van der Waals surface area contributed by atoms with E-state index in [0.29, 0.717) is 0 Å². The molecule has 4 bridgehead atoms. The Hall–Kier alpha value is -3.26. The molecule has 4 aliphatic carbocycles. The number of unbranched alkanes of at least 4 members (excludes halogenated alkanes) is 1. The molecule has 0 unspecified atom stereocenters. The topological polar surface area (TPSA) is 61.0 Å². The zero-order valence-electron chi connectivity index (χ0n) is 22.4. The molecule has 38 heavy (non-hydrogen) atoms. The van der Waals surface area contributed by atoms with Crippen molar-refractivity contribution in [2.75, 3.05) is 5.32 Å². The Bertz CT molecular complexity index is 1360. The van der Waals surface area contributed by atoms with Gasteiger partial charge in [-0.25, -0.2) is 4.98 Å². The quantitative estimate of drug-likeness (QED) is 0.370. The number of rotatable bonds is 6. The number of hydrogen-bond donors (Lipinski definition) is 2. The Balaban J connectivity index is 1.25. The molecule has 3 aromatic rings. The summed E-state index contributed by atoms with van der Waals surface area (Å²) in [4.78, 5) is 23.4. The third-order valence-electron chi connectivity index (χ3n) is 10.0. The van der Waals surface area contributed by atoms with Gasteiger partial charge in [-0.3, -0.25) is 4.79 Å². The van der Waals surface area contributed by atoms with E-state index in [2.05, 4.69) is 58.5 Å². The highest BCUT2D eigenvalue weighted by atomic mass is 16.2. The molecular weight excluding hydrogens is 468 g/mol. The van der Waals surface area contributed by atoms with Crippen LogP contribution in [-0.2, 0) is 11.2 Å². The predicted octanol–water partition coefficient (Wildman–Crippen LogP) is 6.61. The van der Waals surface area contributed by atoms with Crippen molar-refractivity contribution in [1.29, 1.82) is 0 Å². The molecule has 5 heteroatoms. The molecule has 5 nitrogen and oxygen atoms in total. The van der Waals surface area contributed by atoms with Crippen LogP contribution in [0.15, 0.2) is 42.6 Å². The summed E-state index contributed by atoms with van der Waals surface area (Å²) in [5.41, 5.74) is 5.77. The first kappa shape index (κ1) is 23.8. The number of benzene rings is 1. The van der Waals surface area contributed by atoms with Crippen molar-refractivity contribution in [1.82, 2.24) is 14.9 Å². The molecule has 0 spiro atoms. The average Bonchev–Trinajstić information content (AvgIpc) is 3.28. The highest BCUT2D eigenvalue weighted by Gasteiger charge is 2.51. The van der Waals surface area contributed by atoms with Gasteiger partial charge in [0.05, 0.1) is 6.04 Å². The summed E-state index contributed by atoms with van der Waals surface area (Å²) in [5, 5.41) is 5.16. The van der Waals surface area contributed by atoms with Crippen molar-refractivity contribution in [3.05, 3.63) is 59.4 Å². The monoisotopic (exact) mass is 506 g/mol. The minimum Gasteiger partial charge on any atom is -0.380 e. The van der Waals surface area contributed by atoms with Crippen molar-refractivity contribution in [3.63, 3.8) is 0 Å². The molecular formula is C33H38N4O. The Morgan fingerprint density at radius 2 is 1.84 bits per heavy atom. The number of terminal acetylenes is 1. The number of nitrogens with one attached hydrogen (secondary N) is 2. The second-order valence-corrected chi connectivity index (χ2v) is 12.6. The van der Waals surface area contributed by atoms with Crippen molar-refractivity contribution in [2.45, 2.75) is 88.8 Å². The van der Waals surface area contributed by atoms with Crippen LogP contribution in [0, 0.1) is 30.1 Å². The number of carbonyl (C=O) groups excluding carboxylic acids is 1. The van der Waals surface area contributed by atoms with Gasteiger partial charge in [0.15, 0.2) is 0 Å². The van der Waals surface area contributed by atoms with Gasteiger partial charge in [-0.2, -0.15) is 0 Å². The fourth-order valence-corrected chi connectivity index (χ4v) is 8.92. The maximum Gasteiger partial charge on any atom is 0.299 e. The molecule has 4 fully saturated rings. The van der Waals surface area contributed by atoms with E-state index in [1.165, 1.54) is 49.8 Å². The van der Waals surface area contributed by atoms with Gasteiger partial charge < -0.3 is 15.2 Å². The molecule has 3 heterocycles. The lowest BCUT2D eigenvalue weighted by Crippen LogP contribution is -2.54. The van der Waals surface area contributed by atoms with Gasteiger partial charge in [0, 0.05) is 34.5 Å². The van der Waals surface area contributed by atoms with Crippen molar-refractivity contribution >= 4 is 22.6 Å². The van der Waals surface area contributed by atoms with Crippen LogP contribution in [0.5, 0.6) is 0 Å². The summed E-state index contributed by atoms with van der Waals surface area (Å²) in [6, 6.07) is 12.8. The summed E-state index contributed by atoms with van der Waals surface area (Å²) in [6.07, 6.45) is 19.8. The van der Waals surface area contributed by atoms with Crippen LogP contribution in [-0.4, -0.2) is 32.4 Å². The van der Waals surface area contributed by atoms with Crippen LogP contribution < -0.4 is 5.32 Å². The standard InChI is InChI=1S/C33H38N4O/c1-3-5-7-26-17-28-27-8-6-13-34-32(27)35-30(28)31(37(26)29(38)4-2)24-9-11-25(12-10-24)36-33-18-21-14-22(19-33)16-23(15-21)20-33/h2,6,8-13,21-23,26,31,36H,3,5,7,14-20H2,1H3,(H,34,35)/t21?,22?,23?,26-,31-,33?/m0/s1. The Kier molecular flexibility index (Phi) is 5.76. The second kappa shape index (κ2) is 9.19. The van der Waals surface area contributed by atoms with Crippen molar-refractivity contribution in [3.8, 4) is 12.3 Å². The summed E-state index contributed by atoms with van der Waals surface area (Å²) in [7, 11) is 0. The second-order valence-electron chi connectivity index (χ2n) is 12.6. The molecule has 1 aliphatic heterocycles. The smallest absolute Gasteiger partial charge is 0.299 e. The largest absolute Gasteiger partial charge is 0.380 e. The predicted molar refractivity (Wildman–Crippen MR) is 152 cm³/mol. The summed E-state index contributed by atoms with van der Waals surface area (Å²) < 4.78 is 0. The molecule has 2 N–H and O–H groups in total. The highest BCUT2D eigenvalue weighted by molar-refractivity contribution is 5.94. The van der Waals surface area contributed by atoms with E-state index in [1.807, 2.05) is 17.2 Å². The Labute approximate surface area is 225 Å². The number of nitrogens with zero attached hydrogens (tertiary/aromatic N) is 2. The van der Waals surface area contributed by atoms with Crippen molar-refractivity contribution in [2.24, 2.45) is 17.8 Å². The molecule has 0 saturated heterocycles. The zero-order valence-corrected chi connectivity index (χ0v) is 22.4. The van der Waals surface area contributed by atoms with Gasteiger partial charge in [0.25, 0.3) is 5.91 Å². The number of H-pyrrole nitrogens is 1. The molecule has 196 valence electrons. The Morgan fingerprint density at radius 1 is 1.13 bits per heavy atom. The van der Waals surface area contributed by atoms with E-state index in [0.717, 1.165) is 65.7 Å². The van der Waals surface area contributed by atoms with Gasteiger partial charge in [-0.15, -0.1) is 6.42 Å². The molecule has 5 aliphatic rings. The zero-order chi connectivity index (χ0) is 25.9. The first-order valence-electron chi connectivity index (χ1n) is 14.7. The van der Waals surface area contributed by atoms with Crippen LogP contribution in [0.25, 0.3) is 11.0 Å². The van der Waals surface area contributed by atoms with Crippen LogP contribution >= 0.6 is 0 Å². The van der Waals surface area contributed by atoms with Crippen molar-refractivity contribution < 1.29 is 4.79 Å². The number of aromatic amines is 1. The molecule has 1 amide bonds. The van der Waals surface area contributed by atoms with E-state index in [9.17, 15) is 4.79 Å². The minimum atomic E-state index is -0.244. The van der Waals surface area contributed by atoms with Gasteiger partial charge >= 0.3 is 0 Å². The van der Waals surface area contributed by atoms with E-state index in [1.54, 1.807) is 0 Å². The maximum absolute atomic E-state index is 13.3. The Morgan fingerprint density at radius 3 is 2.50 bits per heavy atom. The third kappa shape index (κ3) is 3.92. The van der Waals surface area contributed by atoms with Crippen LogP contribution in [0.2, 0.25) is 0 Å².